The second kappa shape index (κ2) is 17.1. The molecule has 0 amide bonds. The monoisotopic (exact) mass is 712 g/mol. The zero-order valence-corrected chi connectivity index (χ0v) is 29.2. The number of benzene rings is 2. The van der Waals surface area contributed by atoms with E-state index in [1.807, 2.05) is 36.4 Å². The maximum absolute atomic E-state index is 13.6. The number of pyridine rings is 1. The number of carbonyl (C=O) groups excluding carboxylic acids is 2. The zero-order chi connectivity index (χ0) is 34.0. The third-order valence-electron chi connectivity index (χ3n) is 7.97. The molecule has 1 saturated heterocycles. The van der Waals surface area contributed by atoms with Gasteiger partial charge in [0.15, 0.2) is 11.5 Å². The minimum Gasteiger partial charge on any atom is -0.493 e. The first-order chi connectivity index (χ1) is 23.2. The Morgan fingerprint density at radius 1 is 1.02 bits per heavy atom. The van der Waals surface area contributed by atoms with Crippen molar-refractivity contribution in [2.24, 2.45) is 0 Å². The van der Waals surface area contributed by atoms with Gasteiger partial charge in [0.2, 0.25) is 0 Å². The molecule has 4 aromatic rings. The van der Waals surface area contributed by atoms with Crippen LogP contribution in [-0.4, -0.2) is 75.4 Å². The summed E-state index contributed by atoms with van der Waals surface area (Å²) in [5.41, 5.74) is 2.06. The van der Waals surface area contributed by atoms with Crippen molar-refractivity contribution in [2.75, 3.05) is 47.5 Å². The normalized spacial score (nSPS) is 16.1. The summed E-state index contributed by atoms with van der Waals surface area (Å²) in [6, 6.07) is 17.7. The molecule has 2 aromatic carbocycles. The van der Waals surface area contributed by atoms with E-state index in [1.54, 1.807) is 31.4 Å². The molecule has 0 spiro atoms. The smallest absolute Gasteiger partial charge is 0.348 e. The fourth-order valence-corrected chi connectivity index (χ4v) is 6.78. The van der Waals surface area contributed by atoms with Gasteiger partial charge in [0.1, 0.15) is 23.6 Å². The summed E-state index contributed by atoms with van der Waals surface area (Å²) in [6.07, 6.45) is 2.45. The van der Waals surface area contributed by atoms with E-state index in [1.165, 1.54) is 30.8 Å². The van der Waals surface area contributed by atoms with E-state index in [2.05, 4.69) is 27.6 Å². The Bertz CT molecular complexity index is 1670. The third kappa shape index (κ3) is 9.25. The van der Waals surface area contributed by atoms with Gasteiger partial charge in [-0.15, -0.1) is 11.3 Å². The lowest BCUT2D eigenvalue weighted by molar-refractivity contribution is -0.147. The van der Waals surface area contributed by atoms with Crippen LogP contribution in [-0.2, 0) is 27.2 Å². The molecule has 1 fully saturated rings. The summed E-state index contributed by atoms with van der Waals surface area (Å²) < 4.78 is 22.7. The van der Waals surface area contributed by atoms with Crippen LogP contribution in [0.2, 0.25) is 10.0 Å². The van der Waals surface area contributed by atoms with Crippen LogP contribution in [0.1, 0.15) is 43.4 Å². The molecule has 0 saturated carbocycles. The lowest BCUT2D eigenvalue weighted by Gasteiger charge is -2.30. The van der Waals surface area contributed by atoms with Crippen molar-refractivity contribution in [2.45, 2.75) is 31.2 Å². The molecule has 13 heteroatoms. The highest BCUT2D eigenvalue weighted by atomic mass is 35.5. The predicted molar refractivity (Wildman–Crippen MR) is 186 cm³/mol. The lowest BCUT2D eigenvalue weighted by atomic mass is 10.0. The molecule has 2 N–H and O–H groups in total. The summed E-state index contributed by atoms with van der Waals surface area (Å²) in [4.78, 5) is 34.3. The van der Waals surface area contributed by atoms with Crippen molar-refractivity contribution >= 4 is 46.5 Å². The quantitative estimate of drug-likeness (QED) is 0.154. The van der Waals surface area contributed by atoms with Gasteiger partial charge in [-0.25, -0.2) is 9.59 Å². The molecule has 10 nitrogen and oxygen atoms in total. The Balaban J connectivity index is 1.29. The lowest BCUT2D eigenvalue weighted by Crippen LogP contribution is -2.51. The number of methoxy groups -OCH3 is 2. The van der Waals surface area contributed by atoms with Crippen LogP contribution in [0.4, 0.5) is 0 Å². The standard InChI is InChI=1S/C35H38Cl2N4O6S/c1-41-14-13-39-24(20-41)21-46-35(43)33(22-7-5-4-6-8-22)40-17-25-10-12-32(48-25)34(42)47-30(16-26-27(36)18-38-19-28(26)37)23-9-11-29(44-2)31(15-23)45-3/h4-12,15,18-19,24,30,33,39-40H,13-14,16-17,20-21H2,1-3H3/t24-,30+,33?/m1/s1. The average molecular weight is 714 g/mol. The number of piperazine rings is 1. The minimum atomic E-state index is -0.756. The topological polar surface area (TPSA) is 111 Å². The van der Waals surface area contributed by atoms with Crippen LogP contribution >= 0.6 is 34.5 Å². The van der Waals surface area contributed by atoms with E-state index in [0.29, 0.717) is 44.1 Å². The number of ether oxygens (including phenoxy) is 4. The number of nitrogens with one attached hydrogen (secondary N) is 2. The number of rotatable bonds is 14. The molecular formula is C35H38Cl2N4O6S. The van der Waals surface area contributed by atoms with Gasteiger partial charge in [0, 0.05) is 49.9 Å². The van der Waals surface area contributed by atoms with Gasteiger partial charge in [-0.05, 0) is 48.0 Å². The van der Waals surface area contributed by atoms with Crippen molar-refractivity contribution in [3.8, 4) is 11.5 Å². The fourth-order valence-electron chi connectivity index (χ4n) is 5.42. The molecule has 3 heterocycles. The number of carbonyl (C=O) groups is 2. The number of likely N-dealkylation sites (N-methyl/N-ethyl adjacent to an activating group) is 1. The maximum Gasteiger partial charge on any atom is 0.348 e. The third-order valence-corrected chi connectivity index (χ3v) is 9.68. The van der Waals surface area contributed by atoms with E-state index < -0.39 is 18.1 Å². The Hall–Kier alpha value is -3.71. The molecule has 1 aliphatic rings. The summed E-state index contributed by atoms with van der Waals surface area (Å²) in [5.74, 6) is 0.147. The van der Waals surface area contributed by atoms with Gasteiger partial charge in [-0.3, -0.25) is 10.3 Å². The van der Waals surface area contributed by atoms with Crippen LogP contribution in [0.5, 0.6) is 11.5 Å². The van der Waals surface area contributed by atoms with E-state index in [0.717, 1.165) is 30.1 Å². The number of thiophene rings is 1. The molecule has 48 heavy (non-hydrogen) atoms. The van der Waals surface area contributed by atoms with Gasteiger partial charge in [0.25, 0.3) is 0 Å². The summed E-state index contributed by atoms with van der Waals surface area (Å²) in [6.45, 7) is 3.22. The summed E-state index contributed by atoms with van der Waals surface area (Å²) in [5, 5.41) is 7.45. The molecule has 0 radical (unpaired) electrons. The van der Waals surface area contributed by atoms with Crippen molar-refractivity contribution in [3.63, 3.8) is 0 Å². The second-order valence-corrected chi connectivity index (χ2v) is 13.3. The maximum atomic E-state index is 13.6. The number of nitrogens with zero attached hydrogens (tertiary/aromatic N) is 2. The fraction of sp³-hybridized carbons (Fsp3) is 0.343. The molecule has 0 bridgehead atoms. The van der Waals surface area contributed by atoms with Crippen molar-refractivity contribution < 1.29 is 28.5 Å². The molecule has 254 valence electrons. The van der Waals surface area contributed by atoms with E-state index in [4.69, 9.17) is 42.1 Å². The van der Waals surface area contributed by atoms with E-state index >= 15 is 0 Å². The van der Waals surface area contributed by atoms with E-state index in [-0.39, 0.29) is 25.0 Å². The number of esters is 2. The van der Waals surface area contributed by atoms with Gasteiger partial charge < -0.3 is 29.2 Å². The van der Waals surface area contributed by atoms with Crippen LogP contribution < -0.4 is 20.1 Å². The first kappa shape index (κ1) is 35.6. The Morgan fingerprint density at radius 2 is 1.77 bits per heavy atom. The van der Waals surface area contributed by atoms with Gasteiger partial charge in [-0.1, -0.05) is 59.6 Å². The first-order valence-corrected chi connectivity index (χ1v) is 17.0. The second-order valence-electron chi connectivity index (χ2n) is 11.3. The van der Waals surface area contributed by atoms with Gasteiger partial charge in [0.05, 0.1) is 30.3 Å². The van der Waals surface area contributed by atoms with Crippen molar-refractivity contribution in [3.05, 3.63) is 110 Å². The highest BCUT2D eigenvalue weighted by Crippen LogP contribution is 2.36. The van der Waals surface area contributed by atoms with Crippen LogP contribution in [0, 0.1) is 0 Å². The molecule has 3 atom stereocenters. The van der Waals surface area contributed by atoms with Gasteiger partial charge in [-0.2, -0.15) is 0 Å². The van der Waals surface area contributed by atoms with E-state index in [9.17, 15) is 9.59 Å². The minimum absolute atomic E-state index is 0.0726. The number of halogens is 2. The van der Waals surface area contributed by atoms with Crippen LogP contribution in [0.15, 0.2) is 73.1 Å². The van der Waals surface area contributed by atoms with Crippen molar-refractivity contribution in [1.82, 2.24) is 20.5 Å². The number of aromatic nitrogens is 1. The molecule has 2 aromatic heterocycles. The number of hydrogen-bond acceptors (Lipinski definition) is 11. The SMILES string of the molecule is COc1ccc([C@H](Cc2c(Cl)cncc2Cl)OC(=O)c2ccc(CNC(C(=O)OC[C@H]3CN(C)CCN3)c3ccccc3)s2)cc1OC. The Kier molecular flexibility index (Phi) is 12.7. The Morgan fingerprint density at radius 3 is 2.48 bits per heavy atom. The molecular weight excluding hydrogens is 675 g/mol. The largest absolute Gasteiger partial charge is 0.493 e. The summed E-state index contributed by atoms with van der Waals surface area (Å²) >= 11 is 14.2. The zero-order valence-electron chi connectivity index (χ0n) is 26.9. The van der Waals surface area contributed by atoms with Crippen molar-refractivity contribution in [1.29, 1.82) is 0 Å². The molecule has 1 aliphatic heterocycles. The highest BCUT2D eigenvalue weighted by Gasteiger charge is 2.26. The molecule has 1 unspecified atom stereocenters. The summed E-state index contributed by atoms with van der Waals surface area (Å²) in [7, 11) is 5.14. The predicted octanol–water partition coefficient (Wildman–Crippen LogP) is 5.89. The average Bonchev–Trinajstić information content (AvgIpc) is 3.58. The molecule has 5 rings (SSSR count). The van der Waals surface area contributed by atoms with Gasteiger partial charge >= 0.3 is 11.9 Å². The highest BCUT2D eigenvalue weighted by molar-refractivity contribution is 7.13. The van der Waals surface area contributed by atoms with Crippen LogP contribution in [0.3, 0.4) is 0 Å². The Labute approximate surface area is 294 Å². The first-order valence-electron chi connectivity index (χ1n) is 15.4. The van der Waals surface area contributed by atoms with Crippen LogP contribution in [0.25, 0.3) is 0 Å². The number of hydrogen-bond donors (Lipinski definition) is 2. The molecule has 0 aliphatic carbocycles.